The number of ether oxygens (including phenoxy) is 3. The Hall–Kier alpha value is -3.84. The minimum Gasteiger partial charge on any atom is -0.493 e. The van der Waals surface area contributed by atoms with Crippen LogP contribution in [0, 0.1) is 0 Å². The van der Waals surface area contributed by atoms with Crippen LogP contribution >= 0.6 is 15.9 Å². The van der Waals surface area contributed by atoms with Crippen molar-refractivity contribution in [2.24, 2.45) is 0 Å². The first-order valence-corrected chi connectivity index (χ1v) is 14.9. The van der Waals surface area contributed by atoms with Crippen molar-refractivity contribution in [3.63, 3.8) is 0 Å². The number of carbonyl (C=O) groups excluding carboxylic acids is 2. The minimum absolute atomic E-state index is 0.107. The van der Waals surface area contributed by atoms with Crippen LogP contribution in [0.25, 0.3) is 0 Å². The topological polar surface area (TPSA) is 73.9 Å². The molecule has 2 aliphatic carbocycles. The van der Waals surface area contributed by atoms with Gasteiger partial charge in [0.15, 0.2) is 23.1 Å². The third-order valence-electron chi connectivity index (χ3n) is 7.93. The molecule has 3 aliphatic rings. The molecule has 1 N–H and O–H groups in total. The van der Waals surface area contributed by atoms with Gasteiger partial charge >= 0.3 is 0 Å². The van der Waals surface area contributed by atoms with E-state index in [0.29, 0.717) is 36.7 Å². The standard InChI is InChI=1S/C34H32BrNO5/c1-39-31-17-22(13-15-30(31)41-19-21-7-3-2-4-8-21)20-40-29-16-14-23(35)18-24(29)32-33-25(9-5-11-27(33)37)36-26-10-6-12-28(38)34(26)32/h2-4,7-8,13-18,32,36H,5-6,9-12,19-20H2,1H3. The highest BCUT2D eigenvalue weighted by molar-refractivity contribution is 9.10. The van der Waals surface area contributed by atoms with E-state index in [1.165, 1.54) is 0 Å². The molecule has 0 spiro atoms. The van der Waals surface area contributed by atoms with Gasteiger partial charge in [-0.15, -0.1) is 0 Å². The first kappa shape index (κ1) is 27.3. The van der Waals surface area contributed by atoms with Gasteiger partial charge in [0.1, 0.15) is 19.0 Å². The smallest absolute Gasteiger partial charge is 0.161 e. The summed E-state index contributed by atoms with van der Waals surface area (Å²) in [6, 6.07) is 21.6. The third kappa shape index (κ3) is 5.68. The van der Waals surface area contributed by atoms with Gasteiger partial charge in [0.05, 0.1) is 7.11 Å². The van der Waals surface area contributed by atoms with Crippen molar-refractivity contribution >= 4 is 27.5 Å². The molecule has 1 aliphatic heterocycles. The van der Waals surface area contributed by atoms with Crippen LogP contribution in [0.5, 0.6) is 17.2 Å². The Labute approximate surface area is 248 Å². The number of hydrogen-bond acceptors (Lipinski definition) is 6. The van der Waals surface area contributed by atoms with Crippen LogP contribution in [0.1, 0.15) is 61.1 Å². The first-order valence-electron chi connectivity index (χ1n) is 14.1. The summed E-state index contributed by atoms with van der Waals surface area (Å²) in [5, 5.41) is 3.49. The molecule has 0 atom stereocenters. The van der Waals surface area contributed by atoms with Gasteiger partial charge in [0.2, 0.25) is 0 Å². The van der Waals surface area contributed by atoms with Crippen LogP contribution in [0.2, 0.25) is 0 Å². The van der Waals surface area contributed by atoms with Crippen molar-refractivity contribution in [2.45, 2.75) is 57.7 Å². The van der Waals surface area contributed by atoms with E-state index in [-0.39, 0.29) is 18.2 Å². The molecule has 3 aromatic carbocycles. The normalized spacial score (nSPS) is 17.1. The Morgan fingerprint density at radius 2 is 1.37 bits per heavy atom. The lowest BCUT2D eigenvalue weighted by molar-refractivity contribution is -0.117. The number of carbonyl (C=O) groups is 2. The van der Waals surface area contributed by atoms with E-state index in [1.54, 1.807) is 7.11 Å². The van der Waals surface area contributed by atoms with E-state index in [9.17, 15) is 9.59 Å². The number of dihydropyridines is 1. The fourth-order valence-corrected chi connectivity index (χ4v) is 6.37. The maximum Gasteiger partial charge on any atom is 0.161 e. The lowest BCUT2D eigenvalue weighted by Gasteiger charge is -2.37. The highest BCUT2D eigenvalue weighted by Crippen LogP contribution is 2.48. The van der Waals surface area contributed by atoms with Gasteiger partial charge < -0.3 is 19.5 Å². The van der Waals surface area contributed by atoms with Crippen LogP contribution in [0.3, 0.4) is 0 Å². The number of ketones is 2. The molecule has 41 heavy (non-hydrogen) atoms. The molecule has 6 nitrogen and oxygen atoms in total. The zero-order valence-corrected chi connectivity index (χ0v) is 24.6. The van der Waals surface area contributed by atoms with Crippen molar-refractivity contribution < 1.29 is 23.8 Å². The summed E-state index contributed by atoms with van der Waals surface area (Å²) in [5.74, 6) is 1.72. The molecule has 0 fully saturated rings. The molecule has 0 saturated heterocycles. The second kappa shape index (κ2) is 12.0. The Balaban J connectivity index is 1.29. The van der Waals surface area contributed by atoms with Crippen molar-refractivity contribution in [2.75, 3.05) is 7.11 Å². The maximum atomic E-state index is 13.3. The fraction of sp³-hybridized carbons (Fsp3) is 0.294. The van der Waals surface area contributed by atoms with Crippen molar-refractivity contribution in [3.05, 3.63) is 110 Å². The molecule has 1 heterocycles. The summed E-state index contributed by atoms with van der Waals surface area (Å²) < 4.78 is 18.9. The number of halogens is 1. The monoisotopic (exact) mass is 613 g/mol. The molecule has 210 valence electrons. The molecular weight excluding hydrogens is 582 g/mol. The van der Waals surface area contributed by atoms with E-state index >= 15 is 0 Å². The third-order valence-corrected chi connectivity index (χ3v) is 8.43. The van der Waals surface area contributed by atoms with E-state index in [1.807, 2.05) is 66.7 Å². The molecule has 0 aromatic heterocycles. The zero-order chi connectivity index (χ0) is 28.3. The van der Waals surface area contributed by atoms with E-state index in [0.717, 1.165) is 69.4 Å². The van der Waals surface area contributed by atoms with E-state index in [2.05, 4.69) is 21.2 Å². The van der Waals surface area contributed by atoms with Crippen LogP contribution < -0.4 is 19.5 Å². The van der Waals surface area contributed by atoms with Gasteiger partial charge in [-0.1, -0.05) is 52.3 Å². The fourth-order valence-electron chi connectivity index (χ4n) is 5.99. The van der Waals surface area contributed by atoms with Crippen LogP contribution in [0.15, 0.2) is 93.7 Å². The largest absolute Gasteiger partial charge is 0.493 e. The van der Waals surface area contributed by atoms with Crippen molar-refractivity contribution in [1.82, 2.24) is 5.32 Å². The summed E-state index contributed by atoms with van der Waals surface area (Å²) in [5.41, 5.74) is 6.18. The van der Waals surface area contributed by atoms with E-state index in [4.69, 9.17) is 14.2 Å². The van der Waals surface area contributed by atoms with Gasteiger partial charge in [0, 0.05) is 51.3 Å². The second-order valence-corrected chi connectivity index (χ2v) is 11.5. The lowest BCUT2D eigenvalue weighted by atomic mass is 9.71. The van der Waals surface area contributed by atoms with Crippen LogP contribution in [-0.2, 0) is 22.8 Å². The molecule has 6 rings (SSSR count). The van der Waals surface area contributed by atoms with Gasteiger partial charge in [-0.3, -0.25) is 9.59 Å². The summed E-state index contributed by atoms with van der Waals surface area (Å²) in [6.07, 6.45) is 4.26. The van der Waals surface area contributed by atoms with Gasteiger partial charge in [0.25, 0.3) is 0 Å². The molecule has 0 radical (unpaired) electrons. The number of methoxy groups -OCH3 is 1. The van der Waals surface area contributed by atoms with Crippen molar-refractivity contribution in [3.8, 4) is 17.2 Å². The quantitative estimate of drug-likeness (QED) is 0.287. The maximum absolute atomic E-state index is 13.3. The average molecular weight is 615 g/mol. The zero-order valence-electron chi connectivity index (χ0n) is 23.0. The lowest BCUT2D eigenvalue weighted by Crippen LogP contribution is -2.36. The number of nitrogens with one attached hydrogen (secondary N) is 1. The van der Waals surface area contributed by atoms with Gasteiger partial charge in [-0.2, -0.15) is 0 Å². The summed E-state index contributed by atoms with van der Waals surface area (Å²) in [6.45, 7) is 0.729. The SMILES string of the molecule is COc1cc(COc2ccc(Br)cc2C2C3=C(CCCC3=O)NC3=C2C(=O)CCC3)ccc1OCc1ccccc1. The Morgan fingerprint density at radius 3 is 2.05 bits per heavy atom. The molecular formula is C34H32BrNO5. The molecule has 0 amide bonds. The van der Waals surface area contributed by atoms with Crippen molar-refractivity contribution in [1.29, 1.82) is 0 Å². The molecule has 0 unspecified atom stereocenters. The Bertz CT molecular complexity index is 1520. The first-order chi connectivity index (χ1) is 20.0. The average Bonchev–Trinajstić information content (AvgIpc) is 2.99. The minimum atomic E-state index is -0.433. The summed E-state index contributed by atoms with van der Waals surface area (Å²) in [4.78, 5) is 26.6. The Kier molecular flexibility index (Phi) is 7.97. The predicted molar refractivity (Wildman–Crippen MR) is 160 cm³/mol. The molecule has 0 bridgehead atoms. The van der Waals surface area contributed by atoms with Crippen LogP contribution in [-0.4, -0.2) is 18.7 Å². The number of benzene rings is 3. The van der Waals surface area contributed by atoms with Crippen LogP contribution in [0.4, 0.5) is 0 Å². The summed E-state index contributed by atoms with van der Waals surface area (Å²) in [7, 11) is 1.62. The number of hydrogen-bond donors (Lipinski definition) is 1. The predicted octanol–water partition coefficient (Wildman–Crippen LogP) is 7.32. The van der Waals surface area contributed by atoms with E-state index < -0.39 is 5.92 Å². The number of rotatable bonds is 8. The molecule has 7 heteroatoms. The van der Waals surface area contributed by atoms with Gasteiger partial charge in [-0.05, 0) is 67.1 Å². The second-order valence-electron chi connectivity index (χ2n) is 10.6. The molecule has 3 aromatic rings. The highest BCUT2D eigenvalue weighted by atomic mass is 79.9. The highest BCUT2D eigenvalue weighted by Gasteiger charge is 2.41. The Morgan fingerprint density at radius 1 is 0.732 bits per heavy atom. The number of allylic oxidation sites excluding steroid dienone is 4. The number of Topliss-reactive ketones (excluding diaryl/α,β-unsaturated/α-hetero) is 2. The van der Waals surface area contributed by atoms with Gasteiger partial charge in [-0.25, -0.2) is 0 Å². The molecule has 0 saturated carbocycles. The summed E-state index contributed by atoms with van der Waals surface area (Å²) >= 11 is 3.62.